The van der Waals surface area contributed by atoms with Gasteiger partial charge in [0.05, 0.1) is 26.4 Å². The highest BCUT2D eigenvalue weighted by Crippen LogP contribution is 2.27. The molecule has 1 fully saturated rings. The first-order chi connectivity index (χ1) is 26.5. The number of benzene rings is 1. The fourth-order valence-electron chi connectivity index (χ4n) is 6.62. The second-order valence-electron chi connectivity index (χ2n) is 14.7. The van der Waals surface area contributed by atoms with E-state index < -0.39 is 78.3 Å². The second-order valence-corrected chi connectivity index (χ2v) is 14.7. The van der Waals surface area contributed by atoms with Crippen molar-refractivity contribution >= 4 is 35.9 Å². The monoisotopic (exact) mass is 792 g/mol. The summed E-state index contributed by atoms with van der Waals surface area (Å²) < 4.78 is 27.2. The maximum Gasteiger partial charge on any atom is 0.407 e. The standard InChI is InChI=1S/C40H64N4O12/c1-9-52-35(47)28(4)42(25-31-20-21-33(37(49)54-11-3)44(31)26-34(45)46)23-24-43(29(5)36(48)53-10-2)32(38(50)55-27-30-17-13-12-14-18-30)19-15-16-22-41-39(51)56-40(6,7)8/h12-14,17-18,28-29,31-33H,9-11,15-16,19-27H2,1-8H3,(H,41,51)(H,45,46). The number of aliphatic carboxylic acids is 1. The summed E-state index contributed by atoms with van der Waals surface area (Å²) in [4.78, 5) is 82.7. The van der Waals surface area contributed by atoms with Gasteiger partial charge in [0.1, 0.15) is 36.4 Å². The Morgan fingerprint density at radius 3 is 2.05 bits per heavy atom. The molecule has 0 saturated carbocycles. The number of carbonyl (C=O) groups is 6. The summed E-state index contributed by atoms with van der Waals surface area (Å²) in [7, 11) is 0. The van der Waals surface area contributed by atoms with E-state index in [1.165, 1.54) is 0 Å². The number of likely N-dealkylation sites (tertiary alicyclic amines) is 1. The Hall–Kier alpha value is -4.28. The van der Waals surface area contributed by atoms with Crippen molar-refractivity contribution in [2.45, 2.75) is 130 Å². The molecule has 1 saturated heterocycles. The number of carbonyl (C=O) groups excluding carboxylic acids is 5. The zero-order valence-electron chi connectivity index (χ0n) is 34.5. The predicted molar refractivity (Wildman–Crippen MR) is 206 cm³/mol. The highest BCUT2D eigenvalue weighted by molar-refractivity contribution is 5.80. The third kappa shape index (κ3) is 16.4. The van der Waals surface area contributed by atoms with Gasteiger partial charge in [-0.15, -0.1) is 0 Å². The third-order valence-corrected chi connectivity index (χ3v) is 9.38. The van der Waals surface area contributed by atoms with Crippen LogP contribution in [0.2, 0.25) is 0 Å². The number of alkyl carbamates (subject to hydrolysis) is 1. The average Bonchev–Trinajstić information content (AvgIpc) is 3.52. The molecule has 0 spiro atoms. The summed E-state index contributed by atoms with van der Waals surface area (Å²) in [5.41, 5.74) is 0.124. The fourth-order valence-corrected chi connectivity index (χ4v) is 6.62. The molecule has 2 rings (SSSR count). The number of carboxylic acids is 1. The first kappa shape index (κ1) is 47.9. The Kier molecular flexibility index (Phi) is 20.8. The van der Waals surface area contributed by atoms with Gasteiger partial charge < -0.3 is 34.1 Å². The van der Waals surface area contributed by atoms with Crippen molar-refractivity contribution in [3.8, 4) is 0 Å². The highest BCUT2D eigenvalue weighted by atomic mass is 16.6. The van der Waals surface area contributed by atoms with Crippen molar-refractivity contribution in [3.63, 3.8) is 0 Å². The molecule has 0 bridgehead atoms. The largest absolute Gasteiger partial charge is 0.480 e. The zero-order chi connectivity index (χ0) is 41.8. The molecule has 16 heteroatoms. The molecule has 1 heterocycles. The van der Waals surface area contributed by atoms with Crippen LogP contribution in [-0.2, 0) is 54.3 Å². The van der Waals surface area contributed by atoms with Crippen LogP contribution in [0.4, 0.5) is 4.79 Å². The maximum absolute atomic E-state index is 14.0. The number of amides is 1. The van der Waals surface area contributed by atoms with Crippen molar-refractivity contribution in [2.24, 2.45) is 0 Å². The van der Waals surface area contributed by atoms with E-state index in [9.17, 15) is 33.9 Å². The van der Waals surface area contributed by atoms with Gasteiger partial charge in [-0.2, -0.15) is 0 Å². The Labute approximate surface area is 331 Å². The molecule has 5 unspecified atom stereocenters. The predicted octanol–water partition coefficient (Wildman–Crippen LogP) is 3.78. The van der Waals surface area contributed by atoms with E-state index >= 15 is 0 Å². The number of nitrogens with one attached hydrogen (secondary N) is 1. The quantitative estimate of drug-likeness (QED) is 0.0873. The molecule has 1 aliphatic heterocycles. The van der Waals surface area contributed by atoms with Gasteiger partial charge >= 0.3 is 35.9 Å². The summed E-state index contributed by atoms with van der Waals surface area (Å²) in [6.45, 7) is 14.4. The topological polar surface area (TPSA) is 191 Å². The maximum atomic E-state index is 14.0. The number of nitrogens with zero attached hydrogens (tertiary/aromatic N) is 3. The Bertz CT molecular complexity index is 1410. The molecule has 0 aromatic heterocycles. The van der Waals surface area contributed by atoms with Gasteiger partial charge in [0.25, 0.3) is 0 Å². The minimum Gasteiger partial charge on any atom is -0.480 e. The number of rotatable bonds is 24. The normalized spacial score (nSPS) is 17.5. The first-order valence-corrected chi connectivity index (χ1v) is 19.7. The molecule has 56 heavy (non-hydrogen) atoms. The minimum absolute atomic E-state index is 0.00669. The summed E-state index contributed by atoms with van der Waals surface area (Å²) in [5, 5.41) is 12.5. The molecule has 1 aromatic carbocycles. The van der Waals surface area contributed by atoms with E-state index in [1.54, 1.807) is 65.2 Å². The molecule has 16 nitrogen and oxygen atoms in total. The molecular weight excluding hydrogens is 728 g/mol. The lowest BCUT2D eigenvalue weighted by Crippen LogP contribution is -2.56. The molecule has 5 atom stereocenters. The molecule has 2 N–H and O–H groups in total. The van der Waals surface area contributed by atoms with E-state index in [4.69, 9.17) is 23.7 Å². The van der Waals surface area contributed by atoms with Crippen LogP contribution in [0.15, 0.2) is 30.3 Å². The first-order valence-electron chi connectivity index (χ1n) is 19.7. The van der Waals surface area contributed by atoms with Gasteiger partial charge in [-0.3, -0.25) is 38.7 Å². The van der Waals surface area contributed by atoms with Crippen molar-refractivity contribution in [1.82, 2.24) is 20.0 Å². The zero-order valence-corrected chi connectivity index (χ0v) is 34.5. The smallest absolute Gasteiger partial charge is 0.407 e. The highest BCUT2D eigenvalue weighted by Gasteiger charge is 2.42. The number of hydrogen-bond acceptors (Lipinski definition) is 14. The van der Waals surface area contributed by atoms with Crippen LogP contribution in [0.3, 0.4) is 0 Å². The minimum atomic E-state index is -1.11. The Morgan fingerprint density at radius 1 is 0.839 bits per heavy atom. The van der Waals surface area contributed by atoms with E-state index in [1.807, 2.05) is 35.2 Å². The average molecular weight is 793 g/mol. The van der Waals surface area contributed by atoms with Gasteiger partial charge in [-0.25, -0.2) is 4.79 Å². The third-order valence-electron chi connectivity index (χ3n) is 9.38. The van der Waals surface area contributed by atoms with E-state index in [2.05, 4.69) is 5.32 Å². The van der Waals surface area contributed by atoms with Crippen LogP contribution < -0.4 is 5.32 Å². The van der Waals surface area contributed by atoms with Crippen molar-refractivity contribution in [1.29, 1.82) is 0 Å². The number of esters is 4. The number of unbranched alkanes of at least 4 members (excludes halogenated alkanes) is 1. The number of carboxylic acid groups (broad SMARTS) is 1. The molecule has 0 radical (unpaired) electrons. The molecule has 0 aliphatic carbocycles. The van der Waals surface area contributed by atoms with E-state index in [0.717, 1.165) is 5.56 Å². The number of hydrogen-bond donors (Lipinski definition) is 2. The molecule has 316 valence electrons. The lowest BCUT2D eigenvalue weighted by atomic mass is 10.0. The summed E-state index contributed by atoms with van der Waals surface area (Å²) in [6, 6.07) is 5.37. The van der Waals surface area contributed by atoms with Gasteiger partial charge in [0.2, 0.25) is 0 Å². The van der Waals surface area contributed by atoms with Crippen molar-refractivity contribution in [3.05, 3.63) is 35.9 Å². The summed E-state index contributed by atoms with van der Waals surface area (Å²) in [6.07, 6.45) is 1.52. The van der Waals surface area contributed by atoms with Crippen LogP contribution in [0.25, 0.3) is 0 Å². The van der Waals surface area contributed by atoms with Gasteiger partial charge in [-0.05, 0) is 93.1 Å². The lowest BCUT2D eigenvalue weighted by molar-refractivity contribution is -0.159. The van der Waals surface area contributed by atoms with Gasteiger partial charge in [0, 0.05) is 32.2 Å². The summed E-state index contributed by atoms with van der Waals surface area (Å²) in [5.74, 6) is -3.22. The van der Waals surface area contributed by atoms with E-state index in [0.29, 0.717) is 32.2 Å². The fraction of sp³-hybridized carbons (Fsp3) is 0.700. The molecular formula is C40H64N4O12. The molecule has 1 aromatic rings. The molecule has 1 aliphatic rings. The van der Waals surface area contributed by atoms with Crippen LogP contribution in [-0.4, -0.2) is 144 Å². The van der Waals surface area contributed by atoms with Gasteiger partial charge in [-0.1, -0.05) is 30.3 Å². The summed E-state index contributed by atoms with van der Waals surface area (Å²) >= 11 is 0. The van der Waals surface area contributed by atoms with Crippen LogP contribution >= 0.6 is 0 Å². The van der Waals surface area contributed by atoms with Crippen molar-refractivity contribution < 1.29 is 57.6 Å². The second kappa shape index (κ2) is 24.4. The number of ether oxygens (including phenoxy) is 5. The van der Waals surface area contributed by atoms with Crippen molar-refractivity contribution in [2.75, 3.05) is 52.5 Å². The van der Waals surface area contributed by atoms with Crippen LogP contribution in [0, 0.1) is 0 Å². The Morgan fingerprint density at radius 2 is 1.46 bits per heavy atom. The van der Waals surface area contributed by atoms with Crippen LogP contribution in [0.5, 0.6) is 0 Å². The van der Waals surface area contributed by atoms with E-state index in [-0.39, 0.29) is 52.5 Å². The SMILES string of the molecule is CCOC(=O)C(C)N(CCN(C(C)C(=O)OCC)C(CCCCNC(=O)OC(C)(C)C)C(=O)OCc1ccccc1)CC1CCC(C(=O)OCC)N1CC(=O)O. The molecule has 1 amide bonds. The van der Waals surface area contributed by atoms with Gasteiger partial charge in [0.15, 0.2) is 0 Å². The Balaban J connectivity index is 2.44. The van der Waals surface area contributed by atoms with Crippen LogP contribution in [0.1, 0.15) is 93.1 Å². The lowest BCUT2D eigenvalue weighted by Gasteiger charge is -2.38.